The van der Waals surface area contributed by atoms with E-state index in [0.717, 1.165) is 29.8 Å². The fourth-order valence-corrected chi connectivity index (χ4v) is 2.32. The maximum Gasteiger partial charge on any atom is 0.203 e. The van der Waals surface area contributed by atoms with Crippen molar-refractivity contribution in [1.82, 2.24) is 9.78 Å². The Morgan fingerprint density at radius 2 is 2.09 bits per heavy atom. The van der Waals surface area contributed by atoms with Gasteiger partial charge < -0.3 is 0 Å². The normalized spacial score (nSPS) is 11.3. The minimum atomic E-state index is -0.247. The van der Waals surface area contributed by atoms with Crippen LogP contribution >= 0.6 is 0 Å². The first-order valence-electron chi connectivity index (χ1n) is 7.33. The van der Waals surface area contributed by atoms with Crippen LogP contribution in [0.4, 0.5) is 0 Å². The summed E-state index contributed by atoms with van der Waals surface area (Å²) in [5.41, 5.74) is 3.34. The van der Waals surface area contributed by atoms with Gasteiger partial charge in [-0.1, -0.05) is 31.2 Å². The zero-order chi connectivity index (χ0) is 16.1. The van der Waals surface area contributed by atoms with Crippen LogP contribution in [0.5, 0.6) is 0 Å². The molecule has 0 saturated carbocycles. The Morgan fingerprint density at radius 3 is 2.73 bits per heavy atom. The molecule has 0 N–H and O–H groups in total. The highest BCUT2D eigenvalue weighted by atomic mass is 16.1. The van der Waals surface area contributed by atoms with Crippen LogP contribution in [0.1, 0.15) is 40.5 Å². The van der Waals surface area contributed by atoms with Crippen LogP contribution in [0.2, 0.25) is 0 Å². The Labute approximate surface area is 130 Å². The van der Waals surface area contributed by atoms with E-state index in [1.165, 1.54) is 0 Å². The SMILES string of the molecule is CCCn1ncc(/C=C(\C#N)C(=O)c2ccccc2C)c1C. The third-order valence-corrected chi connectivity index (χ3v) is 3.63. The van der Waals surface area contributed by atoms with E-state index >= 15 is 0 Å². The number of aryl methyl sites for hydroxylation is 2. The predicted molar refractivity (Wildman–Crippen MR) is 86.4 cm³/mol. The summed E-state index contributed by atoms with van der Waals surface area (Å²) >= 11 is 0. The number of Topliss-reactive ketones (excluding diaryl/α,β-unsaturated/α-hetero) is 1. The Bertz CT molecular complexity index is 763. The molecule has 0 bridgehead atoms. The molecule has 0 atom stereocenters. The van der Waals surface area contributed by atoms with Crippen molar-refractivity contribution < 1.29 is 4.79 Å². The van der Waals surface area contributed by atoms with Gasteiger partial charge in [0, 0.05) is 23.4 Å². The number of carbonyl (C=O) groups is 1. The number of carbonyl (C=O) groups excluding carboxylic acids is 1. The summed E-state index contributed by atoms with van der Waals surface area (Å²) in [6.07, 6.45) is 4.32. The highest BCUT2D eigenvalue weighted by molar-refractivity contribution is 6.14. The number of aromatic nitrogens is 2. The summed E-state index contributed by atoms with van der Waals surface area (Å²) in [6, 6.07) is 9.31. The van der Waals surface area contributed by atoms with Crippen molar-refractivity contribution in [2.45, 2.75) is 33.7 Å². The number of rotatable bonds is 5. The van der Waals surface area contributed by atoms with Crippen molar-refractivity contribution in [3.05, 3.63) is 58.4 Å². The van der Waals surface area contributed by atoms with Crippen LogP contribution in [-0.4, -0.2) is 15.6 Å². The van der Waals surface area contributed by atoms with Gasteiger partial charge in [-0.2, -0.15) is 10.4 Å². The molecule has 0 aliphatic rings. The van der Waals surface area contributed by atoms with Crippen molar-refractivity contribution in [3.8, 4) is 6.07 Å². The number of ketones is 1. The lowest BCUT2D eigenvalue weighted by atomic mass is 9.98. The predicted octanol–water partition coefficient (Wildman–Crippen LogP) is 3.70. The first kappa shape index (κ1) is 15.7. The van der Waals surface area contributed by atoms with Crippen LogP contribution < -0.4 is 0 Å². The topological polar surface area (TPSA) is 58.7 Å². The fraction of sp³-hybridized carbons (Fsp3) is 0.278. The monoisotopic (exact) mass is 293 g/mol. The number of nitriles is 1. The second-order valence-electron chi connectivity index (χ2n) is 5.22. The number of allylic oxidation sites excluding steroid dienone is 1. The third kappa shape index (κ3) is 3.15. The number of benzene rings is 1. The van der Waals surface area contributed by atoms with Crippen LogP contribution in [0.25, 0.3) is 6.08 Å². The summed E-state index contributed by atoms with van der Waals surface area (Å²) in [4.78, 5) is 12.5. The summed E-state index contributed by atoms with van der Waals surface area (Å²) < 4.78 is 1.89. The van der Waals surface area contributed by atoms with Gasteiger partial charge in [-0.15, -0.1) is 0 Å². The van der Waals surface area contributed by atoms with Gasteiger partial charge in [-0.25, -0.2) is 0 Å². The molecule has 4 heteroatoms. The van der Waals surface area contributed by atoms with Crippen molar-refractivity contribution in [2.24, 2.45) is 0 Å². The smallest absolute Gasteiger partial charge is 0.203 e. The molecule has 112 valence electrons. The van der Waals surface area contributed by atoms with Gasteiger partial charge in [0.15, 0.2) is 0 Å². The molecule has 1 aromatic carbocycles. The van der Waals surface area contributed by atoms with Gasteiger partial charge in [0.25, 0.3) is 0 Å². The average molecular weight is 293 g/mol. The van der Waals surface area contributed by atoms with Gasteiger partial charge in [0.05, 0.1) is 6.20 Å². The summed E-state index contributed by atoms with van der Waals surface area (Å²) in [7, 11) is 0. The Morgan fingerprint density at radius 1 is 1.36 bits per heavy atom. The van der Waals surface area contributed by atoms with Gasteiger partial charge >= 0.3 is 0 Å². The maximum absolute atomic E-state index is 12.5. The summed E-state index contributed by atoms with van der Waals surface area (Å²) in [5.74, 6) is -0.247. The largest absolute Gasteiger partial charge is 0.288 e. The van der Waals surface area contributed by atoms with Crippen LogP contribution in [0.3, 0.4) is 0 Å². The quantitative estimate of drug-likeness (QED) is 0.480. The molecule has 1 heterocycles. The van der Waals surface area contributed by atoms with E-state index in [1.807, 2.05) is 36.7 Å². The molecule has 0 spiro atoms. The van der Waals surface area contributed by atoms with E-state index in [0.29, 0.717) is 5.56 Å². The molecule has 0 aliphatic carbocycles. The van der Waals surface area contributed by atoms with Gasteiger partial charge in [0.1, 0.15) is 11.6 Å². The van der Waals surface area contributed by atoms with Crippen LogP contribution in [-0.2, 0) is 6.54 Å². The molecule has 0 aliphatic heterocycles. The van der Waals surface area contributed by atoms with E-state index in [9.17, 15) is 10.1 Å². The second kappa shape index (κ2) is 6.86. The molecule has 1 aromatic heterocycles. The molecule has 4 nitrogen and oxygen atoms in total. The molecule has 0 saturated heterocycles. The van der Waals surface area contributed by atoms with Crippen molar-refractivity contribution >= 4 is 11.9 Å². The lowest BCUT2D eigenvalue weighted by Crippen LogP contribution is -2.04. The second-order valence-corrected chi connectivity index (χ2v) is 5.22. The highest BCUT2D eigenvalue weighted by Crippen LogP contribution is 2.17. The van der Waals surface area contributed by atoms with E-state index in [1.54, 1.807) is 24.4 Å². The standard InChI is InChI=1S/C18H19N3O/c1-4-9-21-14(3)16(12-20-21)10-15(11-19)18(22)17-8-6-5-7-13(17)2/h5-8,10,12H,4,9H2,1-3H3/b15-10+. The Hall–Kier alpha value is -2.67. The van der Waals surface area contributed by atoms with E-state index in [2.05, 4.69) is 12.0 Å². The minimum Gasteiger partial charge on any atom is -0.288 e. The van der Waals surface area contributed by atoms with E-state index in [-0.39, 0.29) is 11.4 Å². The molecule has 0 unspecified atom stereocenters. The molecular formula is C18H19N3O. The molecule has 0 amide bonds. The van der Waals surface area contributed by atoms with Gasteiger partial charge in [-0.05, 0) is 31.9 Å². The van der Waals surface area contributed by atoms with Gasteiger partial charge in [0.2, 0.25) is 5.78 Å². The van der Waals surface area contributed by atoms with Gasteiger partial charge in [-0.3, -0.25) is 9.48 Å². The zero-order valence-corrected chi connectivity index (χ0v) is 13.1. The molecule has 0 radical (unpaired) electrons. The Kier molecular flexibility index (Phi) is 4.90. The minimum absolute atomic E-state index is 0.133. The van der Waals surface area contributed by atoms with Crippen LogP contribution in [0.15, 0.2) is 36.0 Å². The van der Waals surface area contributed by atoms with Crippen molar-refractivity contribution in [2.75, 3.05) is 0 Å². The number of hydrogen-bond donors (Lipinski definition) is 0. The lowest BCUT2D eigenvalue weighted by Gasteiger charge is -2.04. The zero-order valence-electron chi connectivity index (χ0n) is 13.1. The van der Waals surface area contributed by atoms with Crippen molar-refractivity contribution in [1.29, 1.82) is 5.26 Å². The molecular weight excluding hydrogens is 274 g/mol. The average Bonchev–Trinajstić information content (AvgIpc) is 2.86. The van der Waals surface area contributed by atoms with Crippen LogP contribution in [0, 0.1) is 25.2 Å². The lowest BCUT2D eigenvalue weighted by molar-refractivity contribution is 0.103. The number of nitrogens with zero attached hydrogens (tertiary/aromatic N) is 3. The maximum atomic E-state index is 12.5. The number of hydrogen-bond acceptors (Lipinski definition) is 3. The Balaban J connectivity index is 2.38. The summed E-state index contributed by atoms with van der Waals surface area (Å²) in [6.45, 7) is 6.72. The molecule has 2 rings (SSSR count). The molecule has 0 fully saturated rings. The van der Waals surface area contributed by atoms with E-state index in [4.69, 9.17) is 0 Å². The first-order chi connectivity index (χ1) is 10.6. The van der Waals surface area contributed by atoms with E-state index < -0.39 is 0 Å². The third-order valence-electron chi connectivity index (χ3n) is 3.63. The van der Waals surface area contributed by atoms with Crippen molar-refractivity contribution in [3.63, 3.8) is 0 Å². The first-order valence-corrected chi connectivity index (χ1v) is 7.33. The molecule has 22 heavy (non-hydrogen) atoms. The molecule has 2 aromatic rings. The highest BCUT2D eigenvalue weighted by Gasteiger charge is 2.15. The fourth-order valence-electron chi connectivity index (χ4n) is 2.32. The summed E-state index contributed by atoms with van der Waals surface area (Å²) in [5, 5.41) is 13.6.